The van der Waals surface area contributed by atoms with Gasteiger partial charge in [0, 0.05) is 35.5 Å². The summed E-state index contributed by atoms with van der Waals surface area (Å²) < 4.78 is 5.30. The highest BCUT2D eigenvalue weighted by molar-refractivity contribution is 8.00. The van der Waals surface area contributed by atoms with Crippen LogP contribution in [0.5, 0.6) is 5.75 Å². The van der Waals surface area contributed by atoms with E-state index in [4.69, 9.17) is 4.74 Å². The van der Waals surface area contributed by atoms with Gasteiger partial charge in [0.2, 0.25) is 0 Å². The minimum atomic E-state index is 0.242. The topological polar surface area (TPSA) is 24.8 Å². The second-order valence-corrected chi connectivity index (χ2v) is 8.30. The maximum absolute atomic E-state index is 5.30. The summed E-state index contributed by atoms with van der Waals surface area (Å²) >= 11 is 1.90. The van der Waals surface area contributed by atoms with Crippen LogP contribution in [0.2, 0.25) is 0 Å². The van der Waals surface area contributed by atoms with Crippen LogP contribution in [0.3, 0.4) is 0 Å². The highest BCUT2D eigenvalue weighted by atomic mass is 32.2. The van der Waals surface area contributed by atoms with Crippen molar-refractivity contribution in [2.45, 2.75) is 38.6 Å². The Morgan fingerprint density at radius 3 is 2.76 bits per heavy atom. The fourth-order valence-corrected chi connectivity index (χ4v) is 4.51. The van der Waals surface area contributed by atoms with Crippen molar-refractivity contribution in [1.82, 2.24) is 4.90 Å². The number of aliphatic imine (C=N–C) groups is 1. The minimum absolute atomic E-state index is 0.242. The molecule has 1 atom stereocenters. The average molecular weight is 407 g/mol. The first-order valence-corrected chi connectivity index (χ1v) is 11.1. The summed E-state index contributed by atoms with van der Waals surface area (Å²) in [5.41, 5.74) is 6.03. The molecule has 0 amide bonds. The number of benzene rings is 1. The van der Waals surface area contributed by atoms with Crippen LogP contribution in [0.15, 0.2) is 89.3 Å². The van der Waals surface area contributed by atoms with Crippen LogP contribution in [0.1, 0.15) is 32.3 Å². The predicted molar refractivity (Wildman–Crippen MR) is 126 cm³/mol. The Labute approximate surface area is 179 Å². The van der Waals surface area contributed by atoms with E-state index in [9.17, 15) is 0 Å². The van der Waals surface area contributed by atoms with E-state index in [-0.39, 0.29) is 5.37 Å². The molecule has 1 aromatic rings. The first kappa shape index (κ1) is 21.3. The monoisotopic (exact) mass is 406 g/mol. The van der Waals surface area contributed by atoms with Gasteiger partial charge >= 0.3 is 0 Å². The van der Waals surface area contributed by atoms with E-state index in [1.165, 1.54) is 16.7 Å². The van der Waals surface area contributed by atoms with Crippen LogP contribution in [0.25, 0.3) is 0 Å². The lowest BCUT2D eigenvalue weighted by molar-refractivity contribution is 0.376. The summed E-state index contributed by atoms with van der Waals surface area (Å²) in [6.45, 7) is 9.35. The Kier molecular flexibility index (Phi) is 7.59. The Hall–Kier alpha value is -2.46. The van der Waals surface area contributed by atoms with Gasteiger partial charge in [0.15, 0.2) is 0 Å². The number of allylic oxidation sites excluding steroid dienone is 5. The molecule has 0 saturated heterocycles. The molecule has 2 aliphatic rings. The SMILES string of the molecule is C=C1C(C2=CCCC=C2)=CC(SCC(C)=N/C=C\C)N1Cc1ccc(OC)cc1. The van der Waals surface area contributed by atoms with Crippen LogP contribution in [-0.2, 0) is 6.54 Å². The van der Waals surface area contributed by atoms with Crippen LogP contribution >= 0.6 is 11.8 Å². The van der Waals surface area contributed by atoms with E-state index in [0.29, 0.717) is 0 Å². The zero-order chi connectivity index (χ0) is 20.6. The van der Waals surface area contributed by atoms with Crippen LogP contribution in [0, 0.1) is 0 Å². The molecule has 1 aliphatic heterocycles. The first-order valence-electron chi connectivity index (χ1n) is 10.1. The number of hydrogen-bond donors (Lipinski definition) is 0. The molecule has 0 aromatic heterocycles. The van der Waals surface area contributed by atoms with Gasteiger partial charge in [-0.2, -0.15) is 0 Å². The smallest absolute Gasteiger partial charge is 0.118 e. The molecule has 0 saturated carbocycles. The lowest BCUT2D eigenvalue weighted by Crippen LogP contribution is -2.26. The highest BCUT2D eigenvalue weighted by Crippen LogP contribution is 2.38. The molecule has 29 heavy (non-hydrogen) atoms. The molecule has 0 N–H and O–H groups in total. The Balaban J connectivity index is 1.79. The predicted octanol–water partition coefficient (Wildman–Crippen LogP) is 6.28. The van der Waals surface area contributed by atoms with Gasteiger partial charge < -0.3 is 9.64 Å². The van der Waals surface area contributed by atoms with E-state index >= 15 is 0 Å². The number of nitrogens with zero attached hydrogens (tertiary/aromatic N) is 2. The molecular formula is C25H30N2OS. The van der Waals surface area contributed by atoms with Gasteiger partial charge in [-0.25, -0.2) is 0 Å². The zero-order valence-electron chi connectivity index (χ0n) is 17.6. The number of rotatable bonds is 8. The van der Waals surface area contributed by atoms with Crippen LogP contribution < -0.4 is 4.74 Å². The number of hydrogen-bond acceptors (Lipinski definition) is 4. The molecule has 1 aromatic carbocycles. The molecule has 1 unspecified atom stereocenters. The molecule has 1 aliphatic carbocycles. The van der Waals surface area contributed by atoms with Crippen molar-refractivity contribution in [1.29, 1.82) is 0 Å². The van der Waals surface area contributed by atoms with Crippen LogP contribution in [-0.4, -0.2) is 28.8 Å². The van der Waals surface area contributed by atoms with Crippen molar-refractivity contribution in [3.8, 4) is 5.75 Å². The van der Waals surface area contributed by atoms with Gasteiger partial charge in [-0.1, -0.05) is 43.0 Å². The summed E-state index contributed by atoms with van der Waals surface area (Å²) in [6.07, 6.45) is 15.2. The molecule has 3 nitrogen and oxygen atoms in total. The third kappa shape index (κ3) is 5.54. The van der Waals surface area contributed by atoms with Crippen molar-refractivity contribution in [2.75, 3.05) is 12.9 Å². The Morgan fingerprint density at radius 2 is 2.10 bits per heavy atom. The van der Waals surface area contributed by atoms with E-state index in [1.54, 1.807) is 7.11 Å². The van der Waals surface area contributed by atoms with Crippen molar-refractivity contribution in [2.24, 2.45) is 4.99 Å². The summed E-state index contributed by atoms with van der Waals surface area (Å²) in [5.74, 6) is 1.77. The molecule has 4 heteroatoms. The van der Waals surface area contributed by atoms with E-state index in [2.05, 4.69) is 59.8 Å². The normalized spacial score (nSPS) is 19.7. The second kappa shape index (κ2) is 10.4. The maximum atomic E-state index is 5.30. The molecule has 0 spiro atoms. The van der Waals surface area contributed by atoms with E-state index in [1.807, 2.05) is 43.1 Å². The number of thioether (sulfide) groups is 1. The minimum Gasteiger partial charge on any atom is -0.497 e. The fraction of sp³-hybridized carbons (Fsp3) is 0.320. The maximum Gasteiger partial charge on any atom is 0.118 e. The number of ether oxygens (including phenoxy) is 1. The lowest BCUT2D eigenvalue weighted by atomic mass is 9.98. The average Bonchev–Trinajstić information content (AvgIpc) is 3.07. The largest absolute Gasteiger partial charge is 0.497 e. The summed E-state index contributed by atoms with van der Waals surface area (Å²) in [7, 11) is 1.70. The van der Waals surface area contributed by atoms with Crippen LogP contribution in [0.4, 0.5) is 0 Å². The van der Waals surface area contributed by atoms with Gasteiger partial charge in [-0.05, 0) is 56.0 Å². The fourth-order valence-electron chi connectivity index (χ4n) is 3.41. The molecule has 0 bridgehead atoms. The molecule has 152 valence electrons. The van der Waals surface area contributed by atoms with Gasteiger partial charge in [0.05, 0.1) is 12.5 Å². The zero-order valence-corrected chi connectivity index (χ0v) is 18.4. The molecule has 0 radical (unpaired) electrons. The number of methoxy groups -OCH3 is 1. The van der Waals surface area contributed by atoms with Crippen molar-refractivity contribution < 1.29 is 4.74 Å². The Morgan fingerprint density at radius 1 is 1.31 bits per heavy atom. The quantitative estimate of drug-likeness (QED) is 0.475. The van der Waals surface area contributed by atoms with Gasteiger partial charge in [-0.3, -0.25) is 4.99 Å². The summed E-state index contributed by atoms with van der Waals surface area (Å²) in [6, 6.07) is 8.30. The van der Waals surface area contributed by atoms with Gasteiger partial charge in [0.1, 0.15) is 5.75 Å². The van der Waals surface area contributed by atoms with Crippen molar-refractivity contribution >= 4 is 17.5 Å². The first-order chi connectivity index (χ1) is 14.1. The summed E-state index contributed by atoms with van der Waals surface area (Å²) in [5, 5.41) is 0.242. The van der Waals surface area contributed by atoms with Crippen molar-refractivity contribution in [3.63, 3.8) is 0 Å². The molecule has 3 rings (SSSR count). The van der Waals surface area contributed by atoms with E-state index < -0.39 is 0 Å². The van der Waals surface area contributed by atoms with Gasteiger partial charge in [0.25, 0.3) is 0 Å². The third-order valence-corrected chi connectivity index (χ3v) is 6.32. The second-order valence-electron chi connectivity index (χ2n) is 7.19. The Bertz CT molecular complexity index is 875. The summed E-state index contributed by atoms with van der Waals surface area (Å²) in [4.78, 5) is 6.87. The highest BCUT2D eigenvalue weighted by Gasteiger charge is 2.29. The third-order valence-electron chi connectivity index (χ3n) is 5.00. The standard InChI is InChI=1S/C25H30N2OS/c1-5-15-26-19(2)18-29-25-16-24(22-9-7-6-8-10-22)20(3)27(25)17-21-11-13-23(28-4)14-12-21/h5,7,9-16,25H,3,6,8,17-18H2,1-2,4H3/b15-5-,26-19?. The molecule has 1 heterocycles. The lowest BCUT2D eigenvalue weighted by Gasteiger charge is -2.28. The molecule has 0 fully saturated rings. The van der Waals surface area contributed by atoms with Gasteiger partial charge in [-0.15, -0.1) is 11.8 Å². The molecular weight excluding hydrogens is 376 g/mol. The van der Waals surface area contributed by atoms with E-state index in [0.717, 1.165) is 42.3 Å². The van der Waals surface area contributed by atoms with Crippen molar-refractivity contribution in [3.05, 3.63) is 89.8 Å².